The van der Waals surface area contributed by atoms with Crippen LogP contribution in [0.4, 0.5) is 0 Å². The number of nitrogens with one attached hydrogen (secondary N) is 2. The summed E-state index contributed by atoms with van der Waals surface area (Å²) in [5.41, 5.74) is 0.695. The van der Waals surface area contributed by atoms with Crippen molar-refractivity contribution >= 4 is 44.4 Å². The molecule has 1 aromatic rings. The van der Waals surface area contributed by atoms with Crippen LogP contribution in [0.1, 0.15) is 23.7 Å². The molecular weight excluding hydrogens is 395 g/mol. The molecule has 0 heterocycles. The van der Waals surface area contributed by atoms with Crippen LogP contribution in [0.3, 0.4) is 0 Å². The molecule has 0 aliphatic heterocycles. The summed E-state index contributed by atoms with van der Waals surface area (Å²) in [6, 6.07) is 5.74. The topological polar surface area (TPSA) is 41.1 Å². The van der Waals surface area contributed by atoms with Gasteiger partial charge in [0.05, 0.1) is 5.56 Å². The van der Waals surface area contributed by atoms with Crippen LogP contribution in [0.15, 0.2) is 22.7 Å². The number of rotatable bonds is 6. The van der Waals surface area contributed by atoms with E-state index >= 15 is 0 Å². The van der Waals surface area contributed by atoms with Crippen molar-refractivity contribution in [2.24, 2.45) is 0 Å². The Morgan fingerprint density at radius 1 is 1.41 bits per heavy atom. The lowest BCUT2D eigenvalue weighted by atomic mass is 10.2. The van der Waals surface area contributed by atoms with Crippen molar-refractivity contribution in [3.8, 4) is 0 Å². The Labute approximate surface area is 124 Å². The summed E-state index contributed by atoms with van der Waals surface area (Å²) in [6.07, 6.45) is 0.946. The number of halogens is 2. The van der Waals surface area contributed by atoms with E-state index in [0.717, 1.165) is 27.6 Å². The molecule has 94 valence electrons. The Hall–Kier alpha value is -0.140. The van der Waals surface area contributed by atoms with Gasteiger partial charge in [-0.2, -0.15) is 0 Å². The van der Waals surface area contributed by atoms with E-state index in [1.165, 1.54) is 0 Å². The molecule has 17 heavy (non-hydrogen) atoms. The van der Waals surface area contributed by atoms with Crippen molar-refractivity contribution in [3.63, 3.8) is 0 Å². The second kappa shape index (κ2) is 8.05. The Balaban J connectivity index is 2.44. The molecule has 1 amide bonds. The average Bonchev–Trinajstić information content (AvgIpc) is 2.32. The molecule has 0 unspecified atom stereocenters. The third kappa shape index (κ3) is 5.35. The fourth-order valence-corrected chi connectivity index (χ4v) is 2.28. The van der Waals surface area contributed by atoms with Gasteiger partial charge in [-0.1, -0.05) is 6.92 Å². The van der Waals surface area contributed by atoms with E-state index in [4.69, 9.17) is 0 Å². The van der Waals surface area contributed by atoms with Crippen LogP contribution >= 0.6 is 38.5 Å². The maximum Gasteiger partial charge on any atom is 0.252 e. The lowest BCUT2D eigenvalue weighted by Crippen LogP contribution is -2.27. The number of carbonyl (C=O) groups is 1. The van der Waals surface area contributed by atoms with Crippen molar-refractivity contribution < 1.29 is 4.79 Å². The highest BCUT2D eigenvalue weighted by Gasteiger charge is 2.09. The van der Waals surface area contributed by atoms with E-state index in [2.05, 4.69) is 56.1 Å². The number of hydrogen-bond acceptors (Lipinski definition) is 2. The normalized spacial score (nSPS) is 10.3. The lowest BCUT2D eigenvalue weighted by molar-refractivity contribution is 0.0952. The molecule has 0 atom stereocenters. The Morgan fingerprint density at radius 2 is 2.18 bits per heavy atom. The van der Waals surface area contributed by atoms with Gasteiger partial charge in [-0.15, -0.1) is 0 Å². The molecule has 0 aliphatic rings. The van der Waals surface area contributed by atoms with E-state index in [1.807, 2.05) is 18.2 Å². The van der Waals surface area contributed by atoms with Gasteiger partial charge in [-0.05, 0) is 76.2 Å². The fourth-order valence-electron chi connectivity index (χ4n) is 1.36. The summed E-state index contributed by atoms with van der Waals surface area (Å²) >= 11 is 5.59. The second-order valence-corrected chi connectivity index (χ2v) is 5.69. The second-order valence-electron chi connectivity index (χ2n) is 3.59. The van der Waals surface area contributed by atoms with Crippen molar-refractivity contribution in [3.05, 3.63) is 31.8 Å². The Morgan fingerprint density at radius 3 is 2.88 bits per heavy atom. The first kappa shape index (κ1) is 14.9. The molecule has 3 nitrogen and oxygen atoms in total. The number of benzene rings is 1. The summed E-state index contributed by atoms with van der Waals surface area (Å²) in [7, 11) is 0. The number of carbonyl (C=O) groups excluding carboxylic acids is 1. The number of amides is 1. The van der Waals surface area contributed by atoms with Crippen molar-refractivity contribution in [2.75, 3.05) is 19.6 Å². The third-order valence-electron chi connectivity index (χ3n) is 2.24. The molecule has 5 heteroatoms. The third-order valence-corrected chi connectivity index (χ3v) is 3.60. The van der Waals surface area contributed by atoms with E-state index in [1.54, 1.807) is 0 Å². The fraction of sp³-hybridized carbons (Fsp3) is 0.417. The van der Waals surface area contributed by atoms with Gasteiger partial charge in [0.15, 0.2) is 0 Å². The molecule has 0 aromatic heterocycles. The monoisotopic (exact) mass is 410 g/mol. The van der Waals surface area contributed by atoms with Crippen molar-refractivity contribution in [1.29, 1.82) is 0 Å². The number of hydrogen-bond donors (Lipinski definition) is 2. The smallest absolute Gasteiger partial charge is 0.252 e. The van der Waals surface area contributed by atoms with Gasteiger partial charge in [0, 0.05) is 14.6 Å². The predicted octanol–water partition coefficient (Wildman–Crippen LogP) is 2.78. The van der Waals surface area contributed by atoms with E-state index in [-0.39, 0.29) is 5.91 Å². The largest absolute Gasteiger partial charge is 0.352 e. The van der Waals surface area contributed by atoms with Crippen LogP contribution in [-0.4, -0.2) is 25.5 Å². The molecule has 0 fully saturated rings. The first-order chi connectivity index (χ1) is 8.15. The molecule has 0 aliphatic carbocycles. The van der Waals surface area contributed by atoms with Gasteiger partial charge < -0.3 is 10.6 Å². The molecule has 0 radical (unpaired) electrons. The molecular formula is C12H16BrIN2O. The Bertz CT molecular complexity index is 385. The standard InChI is InChI=1S/C12H16BrIN2O/c1-2-15-6-3-7-16-12(17)10-8-9(14)4-5-11(10)13/h4-5,8,15H,2-3,6-7H2,1H3,(H,16,17). The average molecular weight is 411 g/mol. The summed E-state index contributed by atoms with van der Waals surface area (Å²) in [5.74, 6) is -0.0214. The van der Waals surface area contributed by atoms with E-state index < -0.39 is 0 Å². The quantitative estimate of drug-likeness (QED) is 0.559. The van der Waals surface area contributed by atoms with Crippen LogP contribution in [0, 0.1) is 3.57 Å². The minimum Gasteiger partial charge on any atom is -0.352 e. The van der Waals surface area contributed by atoms with Crippen molar-refractivity contribution in [1.82, 2.24) is 10.6 Å². The molecule has 0 saturated carbocycles. The summed E-state index contributed by atoms with van der Waals surface area (Å²) < 4.78 is 1.89. The summed E-state index contributed by atoms with van der Waals surface area (Å²) in [6.45, 7) is 4.67. The molecule has 0 bridgehead atoms. The van der Waals surface area contributed by atoms with Gasteiger partial charge in [-0.3, -0.25) is 4.79 Å². The predicted molar refractivity (Wildman–Crippen MR) is 82.4 cm³/mol. The minimum absolute atomic E-state index is 0.0214. The minimum atomic E-state index is -0.0214. The molecule has 1 rings (SSSR count). The van der Waals surface area contributed by atoms with Gasteiger partial charge in [0.1, 0.15) is 0 Å². The van der Waals surface area contributed by atoms with Gasteiger partial charge in [0.2, 0.25) is 0 Å². The highest BCUT2D eigenvalue weighted by Crippen LogP contribution is 2.19. The van der Waals surface area contributed by atoms with E-state index in [0.29, 0.717) is 12.1 Å². The van der Waals surface area contributed by atoms with Crippen molar-refractivity contribution in [2.45, 2.75) is 13.3 Å². The first-order valence-corrected chi connectivity index (χ1v) is 7.46. The highest BCUT2D eigenvalue weighted by atomic mass is 127. The summed E-state index contributed by atoms with van der Waals surface area (Å²) in [4.78, 5) is 11.9. The zero-order valence-corrected chi connectivity index (χ0v) is 13.5. The Kier molecular flexibility index (Phi) is 7.06. The zero-order chi connectivity index (χ0) is 12.7. The van der Waals surface area contributed by atoms with Gasteiger partial charge >= 0.3 is 0 Å². The van der Waals surface area contributed by atoms with Gasteiger partial charge in [-0.25, -0.2) is 0 Å². The van der Waals surface area contributed by atoms with Crippen LogP contribution < -0.4 is 10.6 Å². The van der Waals surface area contributed by atoms with E-state index in [9.17, 15) is 4.79 Å². The maximum atomic E-state index is 11.9. The van der Waals surface area contributed by atoms with Crippen LogP contribution in [0.25, 0.3) is 0 Å². The zero-order valence-electron chi connectivity index (χ0n) is 9.72. The first-order valence-electron chi connectivity index (χ1n) is 5.59. The summed E-state index contributed by atoms with van der Waals surface area (Å²) in [5, 5.41) is 6.13. The van der Waals surface area contributed by atoms with Gasteiger partial charge in [0.25, 0.3) is 5.91 Å². The van der Waals surface area contributed by atoms with Crippen LogP contribution in [0.5, 0.6) is 0 Å². The molecule has 1 aromatic carbocycles. The van der Waals surface area contributed by atoms with Crippen LogP contribution in [-0.2, 0) is 0 Å². The lowest BCUT2D eigenvalue weighted by Gasteiger charge is -2.07. The maximum absolute atomic E-state index is 11.9. The highest BCUT2D eigenvalue weighted by molar-refractivity contribution is 14.1. The SMILES string of the molecule is CCNCCCNC(=O)c1cc(I)ccc1Br. The van der Waals surface area contributed by atoms with Crippen LogP contribution in [0.2, 0.25) is 0 Å². The molecule has 2 N–H and O–H groups in total. The molecule has 0 saturated heterocycles. The molecule has 0 spiro atoms.